The summed E-state index contributed by atoms with van der Waals surface area (Å²) in [6.07, 6.45) is 0. The van der Waals surface area contributed by atoms with Crippen LogP contribution < -0.4 is 5.32 Å². The molecule has 15 heavy (non-hydrogen) atoms. The first-order valence-electron chi connectivity index (χ1n) is 4.28. The predicted molar refractivity (Wildman–Crippen MR) is 58.7 cm³/mol. The van der Waals surface area contributed by atoms with Gasteiger partial charge in [0.25, 0.3) is 11.8 Å². The van der Waals surface area contributed by atoms with Gasteiger partial charge in [-0.2, -0.15) is 0 Å². The van der Waals surface area contributed by atoms with Gasteiger partial charge >= 0.3 is 0 Å². The number of amides is 2. The lowest BCUT2D eigenvalue weighted by Crippen LogP contribution is -2.30. The Morgan fingerprint density at radius 1 is 1.33 bits per heavy atom. The van der Waals surface area contributed by atoms with E-state index < -0.39 is 11.8 Å². The summed E-state index contributed by atoms with van der Waals surface area (Å²) >= 11 is 5.79. The first-order valence-corrected chi connectivity index (χ1v) is 4.66. The monoisotopic (exact) mass is 223 g/mol. The van der Waals surface area contributed by atoms with Crippen LogP contribution in [0, 0.1) is 0 Å². The van der Waals surface area contributed by atoms with E-state index in [9.17, 15) is 9.59 Å². The molecule has 2 amide bonds. The lowest BCUT2D eigenvalue weighted by atomic mass is 10.2. The number of benzene rings is 1. The van der Waals surface area contributed by atoms with E-state index in [1.54, 1.807) is 24.3 Å². The fraction of sp³-hybridized carbons (Fsp3) is 0.0909. The molecule has 0 fully saturated rings. The summed E-state index contributed by atoms with van der Waals surface area (Å²) in [7, 11) is 0. The molecule has 1 aromatic rings. The molecule has 0 saturated carbocycles. The van der Waals surface area contributed by atoms with Crippen molar-refractivity contribution in [3.8, 4) is 0 Å². The summed E-state index contributed by atoms with van der Waals surface area (Å²) in [4.78, 5) is 22.7. The minimum Gasteiger partial charge on any atom is -0.288 e. The van der Waals surface area contributed by atoms with E-state index in [0.717, 1.165) is 0 Å². The molecule has 1 rings (SSSR count). The van der Waals surface area contributed by atoms with Gasteiger partial charge in [-0.1, -0.05) is 30.3 Å². The van der Waals surface area contributed by atoms with Gasteiger partial charge in [0, 0.05) is 5.57 Å². The molecule has 0 atom stereocenters. The fourth-order valence-electron chi connectivity index (χ4n) is 0.922. The molecule has 0 aromatic heterocycles. The number of carbonyl (C=O) groups is 2. The minimum atomic E-state index is -0.520. The topological polar surface area (TPSA) is 46.2 Å². The van der Waals surface area contributed by atoms with Gasteiger partial charge < -0.3 is 0 Å². The van der Waals surface area contributed by atoms with E-state index in [1.807, 2.05) is 0 Å². The molecule has 0 aliphatic carbocycles. The van der Waals surface area contributed by atoms with Crippen molar-refractivity contribution in [2.45, 2.75) is 6.92 Å². The minimum absolute atomic E-state index is 0.272. The molecule has 0 aliphatic heterocycles. The average molecular weight is 224 g/mol. The summed E-state index contributed by atoms with van der Waals surface area (Å²) in [6, 6.07) is 6.51. The number of imide groups is 1. The third-order valence-electron chi connectivity index (χ3n) is 1.73. The van der Waals surface area contributed by atoms with Crippen LogP contribution in [0.5, 0.6) is 0 Å². The molecule has 0 aliphatic rings. The zero-order chi connectivity index (χ0) is 11.4. The van der Waals surface area contributed by atoms with Crippen LogP contribution >= 0.6 is 11.6 Å². The van der Waals surface area contributed by atoms with Gasteiger partial charge in [-0.05, 0) is 19.1 Å². The third kappa shape index (κ3) is 2.92. The molecule has 0 spiro atoms. The Labute approximate surface area is 92.7 Å². The van der Waals surface area contributed by atoms with Crippen molar-refractivity contribution >= 4 is 23.4 Å². The first-order chi connectivity index (χ1) is 7.02. The SMILES string of the molecule is C=C(C)C(=O)NC(=O)c1ccccc1Cl. The Kier molecular flexibility index (Phi) is 3.63. The number of carbonyl (C=O) groups excluding carboxylic acids is 2. The molecular weight excluding hydrogens is 214 g/mol. The summed E-state index contributed by atoms with van der Waals surface area (Å²) in [6.45, 7) is 4.95. The van der Waals surface area contributed by atoms with Crippen LogP contribution in [-0.4, -0.2) is 11.8 Å². The molecule has 1 N–H and O–H groups in total. The molecule has 78 valence electrons. The Morgan fingerprint density at radius 2 is 1.93 bits per heavy atom. The van der Waals surface area contributed by atoms with Gasteiger partial charge in [0.2, 0.25) is 0 Å². The Morgan fingerprint density at radius 3 is 2.47 bits per heavy atom. The summed E-state index contributed by atoms with van der Waals surface area (Å²) in [5.74, 6) is -1.02. The van der Waals surface area contributed by atoms with Gasteiger partial charge in [-0.15, -0.1) is 0 Å². The number of halogens is 1. The van der Waals surface area contributed by atoms with Crippen molar-refractivity contribution in [3.05, 3.63) is 47.0 Å². The molecule has 3 nitrogen and oxygen atoms in total. The number of nitrogens with one attached hydrogen (secondary N) is 1. The Bertz CT molecular complexity index is 426. The van der Waals surface area contributed by atoms with Crippen molar-refractivity contribution < 1.29 is 9.59 Å². The second-order valence-corrected chi connectivity index (χ2v) is 3.45. The number of hydrogen-bond donors (Lipinski definition) is 1. The van der Waals surface area contributed by atoms with Crippen LogP contribution in [0.2, 0.25) is 5.02 Å². The lowest BCUT2D eigenvalue weighted by molar-refractivity contribution is -0.116. The van der Waals surface area contributed by atoms with E-state index >= 15 is 0 Å². The molecule has 0 bridgehead atoms. The van der Waals surface area contributed by atoms with E-state index in [-0.39, 0.29) is 11.1 Å². The third-order valence-corrected chi connectivity index (χ3v) is 2.06. The van der Waals surface area contributed by atoms with Crippen LogP contribution in [0.25, 0.3) is 0 Å². The van der Waals surface area contributed by atoms with Crippen LogP contribution in [0.15, 0.2) is 36.4 Å². The average Bonchev–Trinajstić information content (AvgIpc) is 2.18. The summed E-state index contributed by atoms with van der Waals surface area (Å²) in [5, 5.41) is 2.48. The standard InChI is InChI=1S/C11H10ClNO2/c1-7(2)10(14)13-11(15)8-5-3-4-6-9(8)12/h3-6H,1H2,2H3,(H,13,14,15). The Hall–Kier alpha value is -1.61. The van der Waals surface area contributed by atoms with Gasteiger partial charge in [-0.3, -0.25) is 14.9 Å². The molecule has 4 heteroatoms. The zero-order valence-electron chi connectivity index (χ0n) is 8.21. The maximum Gasteiger partial charge on any atom is 0.259 e. The van der Waals surface area contributed by atoms with Gasteiger partial charge in [-0.25, -0.2) is 0 Å². The lowest BCUT2D eigenvalue weighted by Gasteiger charge is -2.04. The Balaban J connectivity index is 2.83. The maximum atomic E-state index is 11.5. The van der Waals surface area contributed by atoms with Crippen LogP contribution in [0.3, 0.4) is 0 Å². The maximum absolute atomic E-state index is 11.5. The molecule has 0 radical (unpaired) electrons. The van der Waals surface area contributed by atoms with E-state index in [0.29, 0.717) is 5.02 Å². The zero-order valence-corrected chi connectivity index (χ0v) is 8.97. The van der Waals surface area contributed by atoms with E-state index in [4.69, 9.17) is 11.6 Å². The van der Waals surface area contributed by atoms with Crippen molar-refractivity contribution in [3.63, 3.8) is 0 Å². The highest BCUT2D eigenvalue weighted by atomic mass is 35.5. The van der Waals surface area contributed by atoms with E-state index in [1.165, 1.54) is 6.92 Å². The van der Waals surface area contributed by atoms with Crippen molar-refractivity contribution in [2.75, 3.05) is 0 Å². The molecular formula is C11H10ClNO2. The largest absolute Gasteiger partial charge is 0.288 e. The molecule has 0 unspecified atom stereocenters. The normalized spacial score (nSPS) is 9.47. The molecule has 0 saturated heterocycles. The number of hydrogen-bond acceptors (Lipinski definition) is 2. The molecule has 1 aromatic carbocycles. The number of rotatable bonds is 2. The smallest absolute Gasteiger partial charge is 0.259 e. The second-order valence-electron chi connectivity index (χ2n) is 3.04. The first kappa shape index (κ1) is 11.5. The summed E-state index contributed by atoms with van der Waals surface area (Å²) < 4.78 is 0. The van der Waals surface area contributed by atoms with Gasteiger partial charge in [0.15, 0.2) is 0 Å². The summed E-state index contributed by atoms with van der Waals surface area (Å²) in [5.41, 5.74) is 0.546. The van der Waals surface area contributed by atoms with Crippen LogP contribution in [0.1, 0.15) is 17.3 Å². The van der Waals surface area contributed by atoms with Crippen molar-refractivity contribution in [1.82, 2.24) is 5.32 Å². The highest BCUT2D eigenvalue weighted by molar-refractivity contribution is 6.34. The predicted octanol–water partition coefficient (Wildman–Crippen LogP) is 2.17. The van der Waals surface area contributed by atoms with E-state index in [2.05, 4.69) is 11.9 Å². The highest BCUT2D eigenvalue weighted by Crippen LogP contribution is 2.14. The fourth-order valence-corrected chi connectivity index (χ4v) is 1.14. The van der Waals surface area contributed by atoms with Crippen LogP contribution in [0.4, 0.5) is 0 Å². The quantitative estimate of drug-likeness (QED) is 0.782. The van der Waals surface area contributed by atoms with Gasteiger partial charge in [0.1, 0.15) is 0 Å². The van der Waals surface area contributed by atoms with Crippen molar-refractivity contribution in [1.29, 1.82) is 0 Å². The van der Waals surface area contributed by atoms with Crippen LogP contribution in [-0.2, 0) is 4.79 Å². The molecule has 0 heterocycles. The second kappa shape index (κ2) is 4.75. The van der Waals surface area contributed by atoms with Gasteiger partial charge in [0.05, 0.1) is 10.6 Å². The van der Waals surface area contributed by atoms with Crippen molar-refractivity contribution in [2.24, 2.45) is 0 Å². The highest BCUT2D eigenvalue weighted by Gasteiger charge is 2.12.